The van der Waals surface area contributed by atoms with E-state index in [1.165, 1.54) is 41.8 Å². The molecule has 0 bridgehead atoms. The first kappa shape index (κ1) is 19.3. The van der Waals surface area contributed by atoms with E-state index in [2.05, 4.69) is 19.7 Å². The van der Waals surface area contributed by atoms with Gasteiger partial charge in [0, 0.05) is 29.0 Å². The van der Waals surface area contributed by atoms with Gasteiger partial charge in [0.25, 0.3) is 10.0 Å². The lowest BCUT2D eigenvalue weighted by Gasteiger charge is -2.05. The van der Waals surface area contributed by atoms with E-state index in [-0.39, 0.29) is 10.7 Å². The van der Waals surface area contributed by atoms with Gasteiger partial charge in [-0.3, -0.25) is 4.72 Å². The first-order valence-electron chi connectivity index (χ1n) is 8.81. The largest absolute Gasteiger partial charge is 0.342 e. The van der Waals surface area contributed by atoms with Crippen LogP contribution in [0.25, 0.3) is 11.4 Å². The van der Waals surface area contributed by atoms with E-state index in [9.17, 15) is 12.8 Å². The highest BCUT2D eigenvalue weighted by Crippen LogP contribution is 2.22. The zero-order valence-electron chi connectivity index (χ0n) is 15.2. The minimum Gasteiger partial charge on any atom is -0.342 e. The maximum Gasteiger partial charge on any atom is 0.263 e. The van der Waals surface area contributed by atoms with Gasteiger partial charge in [-0.05, 0) is 54.8 Å². The molecule has 0 saturated carbocycles. The predicted molar refractivity (Wildman–Crippen MR) is 111 cm³/mol. The molecule has 2 N–H and O–H groups in total. The molecular formula is C20H17FN4O2S2. The van der Waals surface area contributed by atoms with Crippen LogP contribution in [0, 0.1) is 5.82 Å². The molecule has 0 fully saturated rings. The fraction of sp³-hybridized carbons (Fsp3) is 0.100. The number of thiazole rings is 1. The summed E-state index contributed by atoms with van der Waals surface area (Å²) in [6.45, 7) is 0. The van der Waals surface area contributed by atoms with E-state index in [0.717, 1.165) is 29.7 Å². The number of rotatable bonds is 7. The number of halogens is 1. The number of hydrogen-bond acceptors (Lipinski definition) is 5. The molecular weight excluding hydrogens is 411 g/mol. The lowest BCUT2D eigenvalue weighted by atomic mass is 10.1. The average molecular weight is 429 g/mol. The molecule has 2 heterocycles. The molecule has 0 amide bonds. The molecule has 148 valence electrons. The van der Waals surface area contributed by atoms with Gasteiger partial charge < -0.3 is 4.98 Å². The van der Waals surface area contributed by atoms with Gasteiger partial charge in [-0.2, -0.15) is 0 Å². The first-order chi connectivity index (χ1) is 14.0. The van der Waals surface area contributed by atoms with Crippen LogP contribution >= 0.6 is 11.3 Å². The van der Waals surface area contributed by atoms with Gasteiger partial charge in [0.05, 0.1) is 4.90 Å². The van der Waals surface area contributed by atoms with Crippen LogP contribution < -0.4 is 4.72 Å². The van der Waals surface area contributed by atoms with Gasteiger partial charge in [-0.1, -0.05) is 12.1 Å². The standard InChI is InChI=1S/C20H17FN4O2S2/c21-16-6-1-14(2-7-16)3-8-17-13-23-19(24-17)15-4-9-18(10-5-15)29(26,27)25-20-22-11-12-28-20/h1-2,4-7,9-13H,3,8H2,(H,22,25)(H,23,24). The molecule has 0 atom stereocenters. The average Bonchev–Trinajstić information content (AvgIpc) is 3.39. The summed E-state index contributed by atoms with van der Waals surface area (Å²) in [5.41, 5.74) is 2.78. The van der Waals surface area contributed by atoms with Crippen molar-refractivity contribution in [3.05, 3.63) is 83.4 Å². The summed E-state index contributed by atoms with van der Waals surface area (Å²) in [6.07, 6.45) is 4.80. The van der Waals surface area contributed by atoms with Crippen molar-refractivity contribution < 1.29 is 12.8 Å². The lowest BCUT2D eigenvalue weighted by Crippen LogP contribution is -2.12. The number of sulfonamides is 1. The number of nitrogens with zero attached hydrogens (tertiary/aromatic N) is 2. The Hall–Kier alpha value is -3.04. The molecule has 0 radical (unpaired) electrons. The van der Waals surface area contributed by atoms with Crippen molar-refractivity contribution in [2.75, 3.05) is 4.72 Å². The molecule has 9 heteroatoms. The van der Waals surface area contributed by atoms with Crippen molar-refractivity contribution in [2.24, 2.45) is 0 Å². The molecule has 0 spiro atoms. The highest BCUT2D eigenvalue weighted by atomic mass is 32.2. The van der Waals surface area contributed by atoms with Gasteiger partial charge in [0.2, 0.25) is 0 Å². The SMILES string of the molecule is O=S(=O)(Nc1nccs1)c1ccc(-c2ncc(CCc3ccc(F)cc3)[nH]2)cc1. The van der Waals surface area contributed by atoms with Crippen LogP contribution in [0.4, 0.5) is 9.52 Å². The molecule has 2 aromatic carbocycles. The quantitative estimate of drug-likeness (QED) is 0.460. The van der Waals surface area contributed by atoms with Crippen molar-refractivity contribution in [1.29, 1.82) is 0 Å². The summed E-state index contributed by atoms with van der Waals surface area (Å²) in [4.78, 5) is 11.7. The number of hydrogen-bond donors (Lipinski definition) is 2. The summed E-state index contributed by atoms with van der Waals surface area (Å²) < 4.78 is 40.2. The highest BCUT2D eigenvalue weighted by Gasteiger charge is 2.16. The van der Waals surface area contributed by atoms with E-state index in [1.54, 1.807) is 35.8 Å². The molecule has 0 aliphatic carbocycles. The molecule has 4 rings (SSSR count). The lowest BCUT2D eigenvalue weighted by molar-refractivity contribution is 0.601. The Kier molecular flexibility index (Phi) is 5.41. The molecule has 0 saturated heterocycles. The van der Waals surface area contributed by atoms with Gasteiger partial charge in [0.15, 0.2) is 5.13 Å². The fourth-order valence-corrected chi connectivity index (χ4v) is 4.59. The Morgan fingerprint density at radius 2 is 1.76 bits per heavy atom. The summed E-state index contributed by atoms with van der Waals surface area (Å²) in [6, 6.07) is 12.9. The minimum absolute atomic E-state index is 0.152. The van der Waals surface area contributed by atoms with Gasteiger partial charge >= 0.3 is 0 Å². The second kappa shape index (κ2) is 8.14. The van der Waals surface area contributed by atoms with Crippen molar-refractivity contribution in [3.63, 3.8) is 0 Å². The van der Waals surface area contributed by atoms with Gasteiger partial charge in [0.1, 0.15) is 11.6 Å². The number of H-pyrrole nitrogens is 1. The maximum absolute atomic E-state index is 13.0. The number of imidazole rings is 1. The highest BCUT2D eigenvalue weighted by molar-refractivity contribution is 7.93. The van der Waals surface area contributed by atoms with E-state index in [1.807, 2.05) is 0 Å². The van der Waals surface area contributed by atoms with Crippen molar-refractivity contribution in [1.82, 2.24) is 15.0 Å². The van der Waals surface area contributed by atoms with E-state index in [0.29, 0.717) is 11.0 Å². The molecule has 0 aliphatic heterocycles. The normalized spacial score (nSPS) is 11.5. The topological polar surface area (TPSA) is 87.7 Å². The van der Waals surface area contributed by atoms with Crippen molar-refractivity contribution in [2.45, 2.75) is 17.7 Å². The Labute approximate surface area is 171 Å². The summed E-state index contributed by atoms with van der Waals surface area (Å²) >= 11 is 1.22. The number of benzene rings is 2. The van der Waals surface area contributed by atoms with Crippen LogP contribution in [0.5, 0.6) is 0 Å². The van der Waals surface area contributed by atoms with Gasteiger partial charge in [-0.25, -0.2) is 22.8 Å². The molecule has 0 unspecified atom stereocenters. The Balaban J connectivity index is 1.43. The van der Waals surface area contributed by atoms with Crippen LogP contribution in [0.1, 0.15) is 11.3 Å². The number of anilines is 1. The summed E-state index contributed by atoms with van der Waals surface area (Å²) in [5, 5.41) is 2.02. The van der Waals surface area contributed by atoms with E-state index < -0.39 is 10.0 Å². The third kappa shape index (κ3) is 4.69. The fourth-order valence-electron chi connectivity index (χ4n) is 2.80. The molecule has 0 aliphatic rings. The molecule has 4 aromatic rings. The minimum atomic E-state index is -3.68. The predicted octanol–water partition coefficient (Wildman–Crippen LogP) is 4.26. The van der Waals surface area contributed by atoms with Crippen molar-refractivity contribution >= 4 is 26.5 Å². The van der Waals surface area contributed by atoms with Crippen LogP contribution in [-0.2, 0) is 22.9 Å². The van der Waals surface area contributed by atoms with Crippen LogP contribution in [0.3, 0.4) is 0 Å². The van der Waals surface area contributed by atoms with Crippen LogP contribution in [-0.4, -0.2) is 23.4 Å². The van der Waals surface area contributed by atoms with Crippen LogP contribution in [0.2, 0.25) is 0 Å². The summed E-state index contributed by atoms with van der Waals surface area (Å²) in [5.74, 6) is 0.417. The second-order valence-corrected chi connectivity index (χ2v) is 8.93. The van der Waals surface area contributed by atoms with E-state index >= 15 is 0 Å². The molecule has 29 heavy (non-hydrogen) atoms. The monoisotopic (exact) mass is 428 g/mol. The third-order valence-electron chi connectivity index (χ3n) is 4.32. The van der Waals surface area contributed by atoms with Gasteiger partial charge in [-0.15, -0.1) is 11.3 Å². The number of nitrogens with one attached hydrogen (secondary N) is 2. The maximum atomic E-state index is 13.0. The summed E-state index contributed by atoms with van der Waals surface area (Å²) in [7, 11) is -3.68. The smallest absolute Gasteiger partial charge is 0.263 e. The zero-order valence-corrected chi connectivity index (χ0v) is 16.8. The zero-order chi connectivity index (χ0) is 20.3. The third-order valence-corrected chi connectivity index (χ3v) is 6.49. The number of aromatic amines is 1. The van der Waals surface area contributed by atoms with Crippen LogP contribution in [0.15, 0.2) is 71.2 Å². The molecule has 2 aromatic heterocycles. The molecule has 6 nitrogen and oxygen atoms in total. The second-order valence-electron chi connectivity index (χ2n) is 6.35. The Morgan fingerprint density at radius 3 is 2.45 bits per heavy atom. The Morgan fingerprint density at radius 1 is 1.00 bits per heavy atom. The van der Waals surface area contributed by atoms with E-state index in [4.69, 9.17) is 0 Å². The number of aromatic nitrogens is 3. The van der Waals surface area contributed by atoms with Crippen molar-refractivity contribution in [3.8, 4) is 11.4 Å². The Bertz CT molecular complexity index is 1190. The first-order valence-corrected chi connectivity index (χ1v) is 11.2. The number of aryl methyl sites for hydroxylation is 2.